The maximum absolute atomic E-state index is 14.2. The van der Waals surface area contributed by atoms with E-state index in [1.165, 1.54) is 0 Å². The first-order valence-electron chi connectivity index (χ1n) is 13.3. The number of carbonyl (C=O) groups excluding carboxylic acids is 1. The molecule has 0 saturated carbocycles. The predicted molar refractivity (Wildman–Crippen MR) is 155 cm³/mol. The lowest BCUT2D eigenvalue weighted by Crippen LogP contribution is -2.44. The second-order valence-corrected chi connectivity index (χ2v) is 9.89. The van der Waals surface area contributed by atoms with Crippen LogP contribution >= 0.6 is 0 Å². The lowest BCUT2D eigenvalue weighted by atomic mass is 9.74. The van der Waals surface area contributed by atoms with Crippen molar-refractivity contribution < 1.29 is 9.53 Å². The van der Waals surface area contributed by atoms with Gasteiger partial charge in [-0.1, -0.05) is 18.2 Å². The SMILES string of the molecule is CCNc1cc2c(cc1C)C1(c3cc(C)c(NCC)cc3O2)c2ccccc2C(=O)N1N=Cc1ccncc1. The van der Waals surface area contributed by atoms with Crippen LogP contribution in [-0.4, -0.2) is 35.2 Å². The van der Waals surface area contributed by atoms with Gasteiger partial charge in [-0.25, -0.2) is 5.01 Å². The lowest BCUT2D eigenvalue weighted by Gasteiger charge is -2.42. The molecule has 0 fully saturated rings. The molecule has 1 aromatic heterocycles. The van der Waals surface area contributed by atoms with Gasteiger partial charge in [-0.15, -0.1) is 0 Å². The summed E-state index contributed by atoms with van der Waals surface area (Å²) in [7, 11) is 0. The van der Waals surface area contributed by atoms with Gasteiger partial charge in [0.2, 0.25) is 0 Å². The van der Waals surface area contributed by atoms with E-state index in [0.29, 0.717) is 17.1 Å². The van der Waals surface area contributed by atoms with E-state index in [1.54, 1.807) is 23.6 Å². The molecule has 0 aliphatic carbocycles. The Balaban J connectivity index is 1.69. The minimum absolute atomic E-state index is 0.156. The highest BCUT2D eigenvalue weighted by Crippen LogP contribution is 2.58. The number of anilines is 2. The normalized spacial score (nSPS) is 14.7. The minimum Gasteiger partial charge on any atom is -0.456 e. The van der Waals surface area contributed by atoms with Gasteiger partial charge in [0.05, 0.1) is 6.21 Å². The number of nitrogens with zero attached hydrogens (tertiary/aromatic N) is 3. The molecule has 39 heavy (non-hydrogen) atoms. The van der Waals surface area contributed by atoms with Crippen molar-refractivity contribution in [1.29, 1.82) is 0 Å². The van der Waals surface area contributed by atoms with Gasteiger partial charge < -0.3 is 15.4 Å². The van der Waals surface area contributed by atoms with Crippen LogP contribution in [0.2, 0.25) is 0 Å². The fourth-order valence-corrected chi connectivity index (χ4v) is 5.73. The fourth-order valence-electron chi connectivity index (χ4n) is 5.73. The largest absolute Gasteiger partial charge is 0.456 e. The molecular formula is C32H31N5O2. The molecule has 3 heterocycles. The first-order valence-corrected chi connectivity index (χ1v) is 13.3. The van der Waals surface area contributed by atoms with Crippen molar-refractivity contribution in [2.75, 3.05) is 23.7 Å². The van der Waals surface area contributed by atoms with Gasteiger partial charge in [0.15, 0.2) is 0 Å². The number of ether oxygens (including phenoxy) is 1. The monoisotopic (exact) mass is 517 g/mol. The molecular weight excluding hydrogens is 486 g/mol. The molecule has 1 amide bonds. The number of fused-ring (bicyclic) bond motifs is 6. The first kappa shape index (κ1) is 24.7. The van der Waals surface area contributed by atoms with Crippen molar-refractivity contribution >= 4 is 23.5 Å². The Morgan fingerprint density at radius 3 is 2.05 bits per heavy atom. The average molecular weight is 518 g/mol. The Kier molecular flexibility index (Phi) is 6.06. The van der Waals surface area contributed by atoms with Crippen molar-refractivity contribution in [3.05, 3.63) is 112 Å². The van der Waals surface area contributed by atoms with E-state index in [4.69, 9.17) is 9.84 Å². The van der Waals surface area contributed by atoms with Gasteiger partial charge in [0.25, 0.3) is 5.91 Å². The van der Waals surface area contributed by atoms with Gasteiger partial charge in [-0.2, -0.15) is 5.10 Å². The summed E-state index contributed by atoms with van der Waals surface area (Å²) in [5.74, 6) is 1.24. The summed E-state index contributed by atoms with van der Waals surface area (Å²) < 4.78 is 6.63. The zero-order valence-corrected chi connectivity index (χ0v) is 22.6. The average Bonchev–Trinajstić information content (AvgIpc) is 3.19. The van der Waals surface area contributed by atoms with Crippen molar-refractivity contribution in [3.8, 4) is 11.5 Å². The minimum atomic E-state index is -1.01. The van der Waals surface area contributed by atoms with E-state index >= 15 is 0 Å². The molecule has 0 bridgehead atoms. The zero-order valence-electron chi connectivity index (χ0n) is 22.6. The van der Waals surface area contributed by atoms with Gasteiger partial charge in [-0.05, 0) is 74.7 Å². The van der Waals surface area contributed by atoms with Crippen molar-refractivity contribution in [1.82, 2.24) is 9.99 Å². The second kappa shape index (κ2) is 9.58. The van der Waals surface area contributed by atoms with E-state index < -0.39 is 5.54 Å². The third-order valence-corrected chi connectivity index (χ3v) is 7.47. The number of rotatable bonds is 6. The number of aryl methyl sites for hydroxylation is 2. The third kappa shape index (κ3) is 3.76. The number of nitrogens with one attached hydrogen (secondary N) is 2. The topological polar surface area (TPSA) is 78.9 Å². The number of aromatic nitrogens is 1. The Morgan fingerprint density at radius 1 is 0.872 bits per heavy atom. The summed E-state index contributed by atoms with van der Waals surface area (Å²) in [6.45, 7) is 9.87. The number of hydrogen-bond donors (Lipinski definition) is 2. The quantitative estimate of drug-likeness (QED) is 0.287. The molecule has 0 unspecified atom stereocenters. The Hall–Kier alpha value is -4.65. The van der Waals surface area contributed by atoms with Crippen molar-refractivity contribution in [2.24, 2.45) is 5.10 Å². The molecule has 2 aliphatic rings. The van der Waals surface area contributed by atoms with Gasteiger partial charge in [0.1, 0.15) is 17.0 Å². The van der Waals surface area contributed by atoms with E-state index in [2.05, 4.69) is 55.4 Å². The van der Waals surface area contributed by atoms with Gasteiger partial charge >= 0.3 is 0 Å². The molecule has 2 aliphatic heterocycles. The third-order valence-electron chi connectivity index (χ3n) is 7.47. The molecule has 4 aromatic rings. The molecule has 0 saturated heterocycles. The number of hydrogen-bond acceptors (Lipinski definition) is 6. The highest BCUT2D eigenvalue weighted by Gasteiger charge is 2.57. The molecule has 0 radical (unpaired) electrons. The summed E-state index contributed by atoms with van der Waals surface area (Å²) in [4.78, 5) is 18.3. The van der Waals surface area contributed by atoms with Gasteiger partial charge in [-0.3, -0.25) is 9.78 Å². The Morgan fingerprint density at radius 2 is 1.46 bits per heavy atom. The van der Waals surface area contributed by atoms with Crippen LogP contribution < -0.4 is 15.4 Å². The number of hydrazone groups is 1. The highest BCUT2D eigenvalue weighted by atomic mass is 16.5. The molecule has 7 nitrogen and oxygen atoms in total. The van der Waals surface area contributed by atoms with Crippen LogP contribution in [0.15, 0.2) is 78.2 Å². The molecule has 3 aromatic carbocycles. The number of pyridine rings is 1. The maximum atomic E-state index is 14.2. The number of amides is 1. The summed E-state index contributed by atoms with van der Waals surface area (Å²) in [5.41, 5.74) is 7.26. The Bertz CT molecular complexity index is 1550. The fraction of sp³-hybridized carbons (Fsp3) is 0.219. The molecule has 196 valence electrons. The van der Waals surface area contributed by atoms with E-state index in [1.807, 2.05) is 48.5 Å². The van der Waals surface area contributed by atoms with Crippen molar-refractivity contribution in [3.63, 3.8) is 0 Å². The van der Waals surface area contributed by atoms with Crippen LogP contribution in [0.25, 0.3) is 0 Å². The van der Waals surface area contributed by atoms with Gasteiger partial charge in [0, 0.05) is 71.2 Å². The number of carbonyl (C=O) groups is 1. The molecule has 0 atom stereocenters. The standard InChI is InChI=1S/C32H31N5O2/c1-5-34-27-17-29-25(15-20(27)3)32(26-16-21(4)28(35-6-2)18-30(26)39-29)24-10-8-7-9-23(24)31(38)37(32)36-19-22-11-13-33-14-12-22/h7-19,34-35H,5-6H2,1-4H3. The van der Waals surface area contributed by atoms with E-state index in [9.17, 15) is 4.79 Å². The van der Waals surface area contributed by atoms with Crippen LogP contribution in [0, 0.1) is 13.8 Å². The van der Waals surface area contributed by atoms with Crippen LogP contribution in [0.1, 0.15) is 57.6 Å². The summed E-state index contributed by atoms with van der Waals surface area (Å²) in [6.07, 6.45) is 5.16. The van der Waals surface area contributed by atoms with Crippen LogP contribution in [0.3, 0.4) is 0 Å². The highest BCUT2D eigenvalue weighted by molar-refractivity contribution is 6.03. The molecule has 1 spiro atoms. The Labute approximate surface area is 228 Å². The molecule has 2 N–H and O–H groups in total. The molecule has 7 heteroatoms. The summed E-state index contributed by atoms with van der Waals surface area (Å²) in [6, 6.07) is 19.9. The van der Waals surface area contributed by atoms with Crippen molar-refractivity contribution in [2.45, 2.75) is 33.2 Å². The first-order chi connectivity index (χ1) is 19.0. The summed E-state index contributed by atoms with van der Waals surface area (Å²) >= 11 is 0. The predicted octanol–water partition coefficient (Wildman–Crippen LogP) is 6.45. The zero-order chi connectivity index (χ0) is 27.1. The number of benzene rings is 3. The smallest absolute Gasteiger partial charge is 0.275 e. The van der Waals surface area contributed by atoms with E-state index in [-0.39, 0.29) is 5.91 Å². The summed E-state index contributed by atoms with van der Waals surface area (Å²) in [5, 5.41) is 13.4. The maximum Gasteiger partial charge on any atom is 0.275 e. The van der Waals surface area contributed by atoms with Crippen LogP contribution in [0.4, 0.5) is 11.4 Å². The van der Waals surface area contributed by atoms with Crippen LogP contribution in [0.5, 0.6) is 11.5 Å². The second-order valence-electron chi connectivity index (χ2n) is 9.89. The molecule has 6 rings (SSSR count). The van der Waals surface area contributed by atoms with Crippen LogP contribution in [-0.2, 0) is 5.54 Å². The van der Waals surface area contributed by atoms with E-state index in [0.717, 1.165) is 57.8 Å². The lowest BCUT2D eigenvalue weighted by molar-refractivity contribution is 0.0675.